The van der Waals surface area contributed by atoms with Crippen molar-refractivity contribution in [1.82, 2.24) is 14.8 Å². The third-order valence-corrected chi connectivity index (χ3v) is 10.5. The van der Waals surface area contributed by atoms with Crippen LogP contribution in [-0.2, 0) is 17.9 Å². The number of carboxylic acid groups (broad SMARTS) is 1. The lowest BCUT2D eigenvalue weighted by atomic mass is 9.92. The molecule has 1 aromatic heterocycles. The van der Waals surface area contributed by atoms with Gasteiger partial charge in [0.1, 0.15) is 11.4 Å². The number of methoxy groups -OCH3 is 1. The number of hydrogen-bond acceptors (Lipinski definition) is 8. The Morgan fingerprint density at radius 2 is 1.58 bits per heavy atom. The van der Waals surface area contributed by atoms with Gasteiger partial charge >= 0.3 is 5.97 Å². The van der Waals surface area contributed by atoms with Crippen LogP contribution in [-0.4, -0.2) is 83.3 Å². The number of carbonyl (C=O) groups excluding carboxylic acids is 1. The molecule has 2 aliphatic heterocycles. The quantitative estimate of drug-likeness (QED) is 0.121. The summed E-state index contributed by atoms with van der Waals surface area (Å²) in [6, 6.07) is 18.2. The van der Waals surface area contributed by atoms with E-state index in [1.165, 1.54) is 0 Å². The van der Waals surface area contributed by atoms with E-state index in [0.29, 0.717) is 38.3 Å². The van der Waals surface area contributed by atoms with Crippen molar-refractivity contribution in [3.05, 3.63) is 105 Å². The summed E-state index contributed by atoms with van der Waals surface area (Å²) >= 11 is 0. The number of amides is 1. The van der Waals surface area contributed by atoms with Crippen molar-refractivity contribution in [1.29, 1.82) is 0 Å². The molecule has 0 unspecified atom stereocenters. The second kappa shape index (κ2) is 16.1. The fourth-order valence-electron chi connectivity index (χ4n) is 7.39. The van der Waals surface area contributed by atoms with E-state index >= 15 is 0 Å². The van der Waals surface area contributed by atoms with Gasteiger partial charge in [-0.25, -0.2) is 0 Å². The van der Waals surface area contributed by atoms with Crippen LogP contribution in [0.15, 0.2) is 60.8 Å². The number of ether oxygens (including phenoxy) is 1. The average molecular weight is 704 g/mol. The molecule has 52 heavy (non-hydrogen) atoms. The second-order valence-electron chi connectivity index (χ2n) is 14.0. The zero-order chi connectivity index (χ0) is 36.9. The van der Waals surface area contributed by atoms with Crippen LogP contribution in [0.1, 0.15) is 62.3 Å². The van der Waals surface area contributed by atoms with Crippen LogP contribution in [0, 0.1) is 26.7 Å². The molecule has 0 spiro atoms. The molecular weight excluding hydrogens is 654 g/mol. The van der Waals surface area contributed by atoms with Gasteiger partial charge in [0.2, 0.25) is 0 Å². The van der Waals surface area contributed by atoms with Gasteiger partial charge in [0.25, 0.3) is 5.91 Å². The van der Waals surface area contributed by atoms with E-state index in [9.17, 15) is 19.8 Å². The van der Waals surface area contributed by atoms with E-state index in [0.717, 1.165) is 86.7 Å². The van der Waals surface area contributed by atoms with Gasteiger partial charge in [-0.3, -0.25) is 24.4 Å². The summed E-state index contributed by atoms with van der Waals surface area (Å²) in [6.07, 6.45) is 7.13. The van der Waals surface area contributed by atoms with Crippen LogP contribution < -0.4 is 15.4 Å². The Bertz CT molecular complexity index is 1990. The summed E-state index contributed by atoms with van der Waals surface area (Å²) in [5.74, 6) is -0.529. The van der Waals surface area contributed by atoms with Gasteiger partial charge in [-0.1, -0.05) is 48.6 Å². The minimum atomic E-state index is -0.727. The molecule has 2 saturated heterocycles. The molecule has 0 saturated carbocycles. The SMILES string of the molecule is CNc1cc(C(=O)Nc2cccc(-c3cccc(/C=C/c4cc(OC)c(CN5CC[C@@H](C(=O)O)C5)cc4C)c3C)c2C)ncc1CN1CC[C@@H](O)C1. The number of carbonyl (C=O) groups is 2. The maximum atomic E-state index is 13.5. The zero-order valence-electron chi connectivity index (χ0n) is 30.7. The number of benzene rings is 3. The largest absolute Gasteiger partial charge is 0.496 e. The van der Waals surface area contributed by atoms with Gasteiger partial charge in [-0.15, -0.1) is 0 Å². The Balaban J connectivity index is 1.18. The predicted molar refractivity (Wildman–Crippen MR) is 207 cm³/mol. The van der Waals surface area contributed by atoms with Crippen LogP contribution >= 0.6 is 0 Å². The number of aliphatic hydroxyl groups excluding tert-OH is 1. The molecule has 4 aromatic rings. The maximum Gasteiger partial charge on any atom is 0.307 e. The highest BCUT2D eigenvalue weighted by Gasteiger charge is 2.28. The van der Waals surface area contributed by atoms with E-state index in [1.807, 2.05) is 26.1 Å². The molecule has 3 aromatic carbocycles. The minimum absolute atomic E-state index is 0.282. The number of carboxylic acids is 1. The van der Waals surface area contributed by atoms with Crippen molar-refractivity contribution in [2.75, 3.05) is 51.0 Å². The third-order valence-electron chi connectivity index (χ3n) is 10.5. The van der Waals surface area contributed by atoms with Crippen molar-refractivity contribution < 1.29 is 24.5 Å². The minimum Gasteiger partial charge on any atom is -0.496 e. The molecule has 272 valence electrons. The predicted octanol–water partition coefficient (Wildman–Crippen LogP) is 6.62. The highest BCUT2D eigenvalue weighted by atomic mass is 16.5. The molecule has 6 rings (SSSR count). The number of likely N-dealkylation sites (tertiary alicyclic amines) is 2. The van der Waals surface area contributed by atoms with Crippen molar-refractivity contribution in [3.8, 4) is 16.9 Å². The number of hydrogen-bond donors (Lipinski definition) is 4. The molecule has 0 radical (unpaired) electrons. The summed E-state index contributed by atoms with van der Waals surface area (Å²) in [5.41, 5.74) is 11.4. The number of anilines is 2. The normalized spacial score (nSPS) is 17.9. The van der Waals surface area contributed by atoms with Gasteiger partial charge in [0.05, 0.1) is 19.1 Å². The number of aryl methyl sites for hydroxylation is 1. The van der Waals surface area contributed by atoms with Gasteiger partial charge in [-0.2, -0.15) is 0 Å². The summed E-state index contributed by atoms with van der Waals surface area (Å²) in [5, 5.41) is 25.6. The van der Waals surface area contributed by atoms with Gasteiger partial charge in [0.15, 0.2) is 0 Å². The molecule has 10 nitrogen and oxygen atoms in total. The maximum absolute atomic E-state index is 13.5. The van der Waals surface area contributed by atoms with Gasteiger partial charge in [0, 0.05) is 68.5 Å². The van der Waals surface area contributed by atoms with E-state index in [-0.39, 0.29) is 17.9 Å². The number of pyridine rings is 1. The number of nitrogens with one attached hydrogen (secondary N) is 2. The fraction of sp³-hybridized carbons (Fsp3) is 0.357. The molecule has 2 aliphatic rings. The Labute approximate surface area is 306 Å². The van der Waals surface area contributed by atoms with Crippen molar-refractivity contribution >= 4 is 35.4 Å². The third kappa shape index (κ3) is 8.20. The number of nitrogens with zero attached hydrogens (tertiary/aromatic N) is 3. The van der Waals surface area contributed by atoms with E-state index in [2.05, 4.69) is 87.8 Å². The first-order valence-electron chi connectivity index (χ1n) is 17.9. The highest BCUT2D eigenvalue weighted by Crippen LogP contribution is 2.34. The zero-order valence-corrected chi connectivity index (χ0v) is 30.7. The summed E-state index contributed by atoms with van der Waals surface area (Å²) in [6.45, 7) is 10.3. The molecule has 2 fully saturated rings. The monoisotopic (exact) mass is 703 g/mol. The molecule has 4 N–H and O–H groups in total. The first kappa shape index (κ1) is 36.8. The van der Waals surface area contributed by atoms with Crippen LogP contribution in [0.2, 0.25) is 0 Å². The Hall–Kier alpha value is -5.03. The van der Waals surface area contributed by atoms with E-state index in [1.54, 1.807) is 19.4 Å². The van der Waals surface area contributed by atoms with Crippen molar-refractivity contribution in [2.45, 2.75) is 52.8 Å². The van der Waals surface area contributed by atoms with E-state index in [4.69, 9.17) is 4.74 Å². The molecule has 2 atom stereocenters. The summed E-state index contributed by atoms with van der Waals surface area (Å²) in [4.78, 5) is 33.8. The van der Waals surface area contributed by atoms with Crippen molar-refractivity contribution in [2.24, 2.45) is 5.92 Å². The highest BCUT2D eigenvalue weighted by molar-refractivity contribution is 6.04. The smallest absolute Gasteiger partial charge is 0.307 e. The van der Waals surface area contributed by atoms with Crippen LogP contribution in [0.25, 0.3) is 23.3 Å². The lowest BCUT2D eigenvalue weighted by molar-refractivity contribution is -0.141. The number of rotatable bonds is 12. The van der Waals surface area contributed by atoms with Crippen molar-refractivity contribution in [3.63, 3.8) is 0 Å². The topological polar surface area (TPSA) is 127 Å². The number of β-amino-alcohol motifs (C(OH)–C–C–N with tert-alkyl or cyclic N) is 1. The Morgan fingerprint density at radius 3 is 2.27 bits per heavy atom. The summed E-state index contributed by atoms with van der Waals surface area (Å²) in [7, 11) is 3.51. The summed E-state index contributed by atoms with van der Waals surface area (Å²) < 4.78 is 5.78. The molecule has 10 heteroatoms. The average Bonchev–Trinajstić information content (AvgIpc) is 3.78. The number of aliphatic hydroxyl groups is 1. The van der Waals surface area contributed by atoms with Crippen LogP contribution in [0.4, 0.5) is 11.4 Å². The van der Waals surface area contributed by atoms with Gasteiger partial charge < -0.3 is 25.6 Å². The van der Waals surface area contributed by atoms with Gasteiger partial charge in [-0.05, 0) is 97.3 Å². The Kier molecular flexibility index (Phi) is 11.4. The first-order valence-corrected chi connectivity index (χ1v) is 17.9. The Morgan fingerprint density at radius 1 is 0.885 bits per heavy atom. The first-order chi connectivity index (χ1) is 25.0. The molecular formula is C42H49N5O5. The van der Waals surface area contributed by atoms with E-state index < -0.39 is 5.97 Å². The molecule has 0 bridgehead atoms. The molecule has 3 heterocycles. The molecule has 0 aliphatic carbocycles. The number of aromatic nitrogens is 1. The lowest BCUT2D eigenvalue weighted by Gasteiger charge is -2.19. The molecule has 1 amide bonds. The van der Waals surface area contributed by atoms with Crippen LogP contribution in [0.5, 0.6) is 5.75 Å². The standard InChI is InChI=1S/C42H49N5O5/c1-26-18-32(23-46-16-14-31(22-46)42(50)51)40(52-5)19-30(26)13-12-29-8-6-9-35(27(29)2)36-10-7-11-37(28(36)3)45-41(49)39-20-38(43-4)33(21-44-39)24-47-17-15-34(48)25-47/h6-13,18-21,31,34,48H,14-17,22-25H2,1-5H3,(H,43,44)(H,45,49)(H,50,51)/b13-12+/t31-,34-/m1/s1. The second-order valence-corrected chi connectivity index (χ2v) is 14.0. The van der Waals surface area contributed by atoms with Crippen LogP contribution in [0.3, 0.4) is 0 Å². The fourth-order valence-corrected chi connectivity index (χ4v) is 7.39. The number of aliphatic carboxylic acids is 1. The lowest BCUT2D eigenvalue weighted by Crippen LogP contribution is -2.23.